The third-order valence-corrected chi connectivity index (χ3v) is 2.93. The Morgan fingerprint density at radius 1 is 1.43 bits per heavy atom. The molecule has 21 heavy (non-hydrogen) atoms. The van der Waals surface area contributed by atoms with Crippen LogP contribution in [0.3, 0.4) is 0 Å². The molecule has 1 aliphatic heterocycles. The van der Waals surface area contributed by atoms with E-state index < -0.39 is 23.6 Å². The lowest BCUT2D eigenvalue weighted by Crippen LogP contribution is -2.37. The van der Waals surface area contributed by atoms with Gasteiger partial charge in [-0.2, -0.15) is 0 Å². The maximum absolute atomic E-state index is 13.1. The van der Waals surface area contributed by atoms with Crippen LogP contribution < -0.4 is 10.5 Å². The van der Waals surface area contributed by atoms with E-state index in [1.807, 2.05) is 0 Å². The van der Waals surface area contributed by atoms with Gasteiger partial charge in [0.15, 0.2) is 0 Å². The lowest BCUT2D eigenvalue weighted by atomic mass is 10.2. The number of amides is 1. The standard InChI is InChI=1S/C14H20FN3O3/c1-14(2,3)21-13(19)18-7-11(16)12(8-18)20-10-4-9(15)5-17-6-10/h4-6,11-12H,7-8,16H2,1-3H3/t11-,12-/m0/s1. The molecule has 1 fully saturated rings. The van der Waals surface area contributed by atoms with Gasteiger partial charge < -0.3 is 20.1 Å². The van der Waals surface area contributed by atoms with Crippen molar-refractivity contribution in [3.63, 3.8) is 0 Å². The van der Waals surface area contributed by atoms with Gasteiger partial charge in [-0.1, -0.05) is 0 Å². The first-order chi connectivity index (χ1) is 9.74. The summed E-state index contributed by atoms with van der Waals surface area (Å²) in [6.45, 7) is 6.03. The van der Waals surface area contributed by atoms with Crippen molar-refractivity contribution in [1.29, 1.82) is 0 Å². The van der Waals surface area contributed by atoms with Crippen LogP contribution in [0.5, 0.6) is 5.75 Å². The predicted molar refractivity (Wildman–Crippen MR) is 74.4 cm³/mol. The second-order valence-electron chi connectivity index (χ2n) is 6.04. The molecule has 0 saturated carbocycles. The molecule has 2 rings (SSSR count). The molecular weight excluding hydrogens is 277 g/mol. The zero-order chi connectivity index (χ0) is 15.6. The molecule has 1 aromatic rings. The zero-order valence-corrected chi connectivity index (χ0v) is 12.4. The van der Waals surface area contributed by atoms with Gasteiger partial charge in [-0.3, -0.25) is 4.98 Å². The van der Waals surface area contributed by atoms with Crippen molar-refractivity contribution in [2.75, 3.05) is 13.1 Å². The quantitative estimate of drug-likeness (QED) is 0.896. The topological polar surface area (TPSA) is 77.7 Å². The molecule has 0 aliphatic carbocycles. The fraction of sp³-hybridized carbons (Fsp3) is 0.571. The number of nitrogens with two attached hydrogens (primary N) is 1. The molecule has 0 radical (unpaired) electrons. The van der Waals surface area contributed by atoms with Crippen LogP contribution in [0, 0.1) is 5.82 Å². The second kappa shape index (κ2) is 5.85. The van der Waals surface area contributed by atoms with Crippen LogP contribution in [0.15, 0.2) is 18.5 Å². The normalized spacial score (nSPS) is 22.2. The Morgan fingerprint density at radius 2 is 2.14 bits per heavy atom. The van der Waals surface area contributed by atoms with Crippen molar-refractivity contribution in [3.05, 3.63) is 24.3 Å². The number of hydrogen-bond donors (Lipinski definition) is 1. The molecule has 0 bridgehead atoms. The van der Waals surface area contributed by atoms with Gasteiger partial charge in [0.2, 0.25) is 0 Å². The van der Waals surface area contributed by atoms with Gasteiger partial charge >= 0.3 is 6.09 Å². The zero-order valence-electron chi connectivity index (χ0n) is 12.4. The van der Waals surface area contributed by atoms with Crippen LogP contribution >= 0.6 is 0 Å². The summed E-state index contributed by atoms with van der Waals surface area (Å²) < 4.78 is 24.0. The smallest absolute Gasteiger partial charge is 0.410 e. The minimum Gasteiger partial charge on any atom is -0.485 e. The molecule has 1 amide bonds. The van der Waals surface area contributed by atoms with E-state index in [1.54, 1.807) is 20.8 Å². The minimum atomic E-state index is -0.563. The van der Waals surface area contributed by atoms with E-state index in [0.29, 0.717) is 18.8 Å². The third kappa shape index (κ3) is 4.29. The number of hydrogen-bond acceptors (Lipinski definition) is 5. The molecular formula is C14H20FN3O3. The number of likely N-dealkylation sites (tertiary alicyclic amines) is 1. The van der Waals surface area contributed by atoms with Crippen LogP contribution in [-0.2, 0) is 4.74 Å². The number of rotatable bonds is 2. The Balaban J connectivity index is 1.96. The third-order valence-electron chi connectivity index (χ3n) is 2.93. The summed E-state index contributed by atoms with van der Waals surface area (Å²) >= 11 is 0. The highest BCUT2D eigenvalue weighted by Gasteiger charge is 2.36. The van der Waals surface area contributed by atoms with Gasteiger partial charge in [0.25, 0.3) is 0 Å². The molecule has 1 saturated heterocycles. The number of nitrogens with zero attached hydrogens (tertiary/aromatic N) is 2. The summed E-state index contributed by atoms with van der Waals surface area (Å²) in [4.78, 5) is 17.2. The molecule has 0 unspecified atom stereocenters. The number of carbonyl (C=O) groups excluding carboxylic acids is 1. The molecule has 0 aromatic carbocycles. The molecule has 116 valence electrons. The SMILES string of the molecule is CC(C)(C)OC(=O)N1C[C@H](Oc2cncc(F)c2)[C@@H](N)C1. The molecule has 6 nitrogen and oxygen atoms in total. The Labute approximate surface area is 123 Å². The van der Waals surface area contributed by atoms with E-state index in [4.69, 9.17) is 15.2 Å². The lowest BCUT2D eigenvalue weighted by molar-refractivity contribution is 0.0275. The van der Waals surface area contributed by atoms with Crippen LogP contribution in [-0.4, -0.2) is 46.8 Å². The summed E-state index contributed by atoms with van der Waals surface area (Å²) in [6, 6.07) is 0.872. The van der Waals surface area contributed by atoms with Crippen molar-refractivity contribution in [2.45, 2.75) is 38.5 Å². The number of pyridine rings is 1. The molecule has 1 aliphatic rings. The maximum atomic E-state index is 13.1. The van der Waals surface area contributed by atoms with Crippen LogP contribution in [0.2, 0.25) is 0 Å². The van der Waals surface area contributed by atoms with Crippen LogP contribution in [0.1, 0.15) is 20.8 Å². The van der Waals surface area contributed by atoms with Gasteiger partial charge in [0.1, 0.15) is 23.3 Å². The van der Waals surface area contributed by atoms with Gasteiger partial charge in [0, 0.05) is 12.6 Å². The maximum Gasteiger partial charge on any atom is 0.410 e. The highest BCUT2D eigenvalue weighted by Crippen LogP contribution is 2.20. The average molecular weight is 297 g/mol. The van der Waals surface area contributed by atoms with Crippen molar-refractivity contribution >= 4 is 6.09 Å². The van der Waals surface area contributed by atoms with Gasteiger partial charge in [-0.25, -0.2) is 9.18 Å². The van der Waals surface area contributed by atoms with Crippen molar-refractivity contribution in [2.24, 2.45) is 5.73 Å². The molecule has 7 heteroatoms. The fourth-order valence-electron chi connectivity index (χ4n) is 2.03. The van der Waals surface area contributed by atoms with Crippen LogP contribution in [0.4, 0.5) is 9.18 Å². The molecule has 0 spiro atoms. The Morgan fingerprint density at radius 3 is 2.76 bits per heavy atom. The average Bonchev–Trinajstić information content (AvgIpc) is 2.69. The predicted octanol–water partition coefficient (Wildman–Crippen LogP) is 1.55. The first-order valence-electron chi connectivity index (χ1n) is 6.75. The second-order valence-corrected chi connectivity index (χ2v) is 6.04. The molecule has 2 heterocycles. The summed E-state index contributed by atoms with van der Waals surface area (Å²) in [5.41, 5.74) is 5.41. The summed E-state index contributed by atoms with van der Waals surface area (Å²) in [6.07, 6.45) is 1.66. The summed E-state index contributed by atoms with van der Waals surface area (Å²) in [7, 11) is 0. The summed E-state index contributed by atoms with van der Waals surface area (Å²) in [5, 5.41) is 0. The summed E-state index contributed by atoms with van der Waals surface area (Å²) in [5.74, 6) is -0.190. The van der Waals surface area contributed by atoms with E-state index in [-0.39, 0.29) is 6.04 Å². The molecule has 2 atom stereocenters. The van der Waals surface area contributed by atoms with Gasteiger partial charge in [-0.05, 0) is 20.8 Å². The van der Waals surface area contributed by atoms with Crippen molar-refractivity contribution in [3.8, 4) is 5.75 Å². The van der Waals surface area contributed by atoms with Crippen molar-refractivity contribution < 1.29 is 18.7 Å². The van der Waals surface area contributed by atoms with Gasteiger partial charge in [0.05, 0.1) is 25.0 Å². The van der Waals surface area contributed by atoms with E-state index >= 15 is 0 Å². The van der Waals surface area contributed by atoms with Crippen LogP contribution in [0.25, 0.3) is 0 Å². The Bertz CT molecular complexity index is 518. The van der Waals surface area contributed by atoms with E-state index in [2.05, 4.69) is 4.98 Å². The minimum absolute atomic E-state index is 0.293. The van der Waals surface area contributed by atoms with E-state index in [9.17, 15) is 9.18 Å². The number of ether oxygens (including phenoxy) is 2. The molecule has 1 aromatic heterocycles. The molecule has 2 N–H and O–H groups in total. The van der Waals surface area contributed by atoms with E-state index in [0.717, 1.165) is 6.20 Å². The van der Waals surface area contributed by atoms with Crippen molar-refractivity contribution in [1.82, 2.24) is 9.88 Å². The van der Waals surface area contributed by atoms with Gasteiger partial charge in [-0.15, -0.1) is 0 Å². The largest absolute Gasteiger partial charge is 0.485 e. The highest BCUT2D eigenvalue weighted by atomic mass is 19.1. The fourth-order valence-corrected chi connectivity index (χ4v) is 2.03. The monoisotopic (exact) mass is 297 g/mol. The Kier molecular flexibility index (Phi) is 4.32. The first-order valence-corrected chi connectivity index (χ1v) is 6.75. The number of halogens is 1. The lowest BCUT2D eigenvalue weighted by Gasteiger charge is -2.24. The highest BCUT2D eigenvalue weighted by molar-refractivity contribution is 5.68. The van der Waals surface area contributed by atoms with E-state index in [1.165, 1.54) is 17.2 Å². The first kappa shape index (κ1) is 15.5. The Hall–Kier alpha value is -1.89. The number of carbonyl (C=O) groups is 1. The number of aromatic nitrogens is 1.